The number of hydrogen-bond donors (Lipinski definition) is 2. The van der Waals surface area contributed by atoms with Crippen LogP contribution in [0, 0.1) is 0 Å². The summed E-state index contributed by atoms with van der Waals surface area (Å²) in [4.78, 5) is 12.0. The largest absolute Gasteiger partial charge is 0.489 e. The zero-order chi connectivity index (χ0) is 15.2. The van der Waals surface area contributed by atoms with E-state index in [1.807, 2.05) is 26.0 Å². The Morgan fingerprint density at radius 1 is 1.52 bits per heavy atom. The molecule has 4 nitrogen and oxygen atoms in total. The molecule has 0 saturated carbocycles. The fourth-order valence-electron chi connectivity index (χ4n) is 1.89. The Bertz CT molecular complexity index is 453. The first-order chi connectivity index (χ1) is 9.35. The summed E-state index contributed by atoms with van der Waals surface area (Å²) >= 11 is 5.88. The monoisotopic (exact) mass is 334 g/mol. The van der Waals surface area contributed by atoms with Crippen LogP contribution in [0.25, 0.3) is 0 Å². The summed E-state index contributed by atoms with van der Waals surface area (Å²) in [6.07, 6.45) is 1.37. The van der Waals surface area contributed by atoms with E-state index in [1.54, 1.807) is 19.1 Å². The molecule has 0 radical (unpaired) electrons. The quantitative estimate of drug-likeness (QED) is 0.804. The van der Waals surface area contributed by atoms with Crippen LogP contribution in [0.3, 0.4) is 0 Å². The Kier molecular flexibility index (Phi) is 8.71. The molecule has 2 atom stereocenters. The van der Waals surface area contributed by atoms with Crippen molar-refractivity contribution in [3.8, 4) is 5.75 Å². The standard InChI is InChI=1S/C15H23ClN2O2.ClH/c1-4-8-15(3,17)14(19)18-10-11(2)20-13-7-5-6-12(16)9-13;/h5-7,9,11H,4,8,10,17H2,1-3H3,(H,18,19);1H. The van der Waals surface area contributed by atoms with Gasteiger partial charge in [0.25, 0.3) is 0 Å². The van der Waals surface area contributed by atoms with E-state index in [-0.39, 0.29) is 24.4 Å². The van der Waals surface area contributed by atoms with Gasteiger partial charge in [-0.25, -0.2) is 0 Å². The van der Waals surface area contributed by atoms with Crippen molar-refractivity contribution in [3.05, 3.63) is 29.3 Å². The molecule has 0 heterocycles. The number of benzene rings is 1. The van der Waals surface area contributed by atoms with Gasteiger partial charge in [0.05, 0.1) is 12.1 Å². The molecular weight excluding hydrogens is 311 g/mol. The van der Waals surface area contributed by atoms with Gasteiger partial charge in [0.1, 0.15) is 11.9 Å². The Morgan fingerprint density at radius 2 is 2.19 bits per heavy atom. The summed E-state index contributed by atoms with van der Waals surface area (Å²) < 4.78 is 5.68. The van der Waals surface area contributed by atoms with E-state index in [0.29, 0.717) is 23.7 Å². The lowest BCUT2D eigenvalue weighted by Crippen LogP contribution is -2.53. The number of amides is 1. The number of carbonyl (C=O) groups excluding carboxylic acids is 1. The van der Waals surface area contributed by atoms with Crippen LogP contribution in [0.5, 0.6) is 5.75 Å². The van der Waals surface area contributed by atoms with Crippen molar-refractivity contribution < 1.29 is 9.53 Å². The number of nitrogens with one attached hydrogen (secondary N) is 1. The highest BCUT2D eigenvalue weighted by Crippen LogP contribution is 2.18. The Morgan fingerprint density at radius 3 is 2.76 bits per heavy atom. The molecule has 3 N–H and O–H groups in total. The van der Waals surface area contributed by atoms with Gasteiger partial charge in [-0.2, -0.15) is 0 Å². The van der Waals surface area contributed by atoms with Gasteiger partial charge in [-0.3, -0.25) is 4.79 Å². The van der Waals surface area contributed by atoms with Crippen LogP contribution >= 0.6 is 24.0 Å². The van der Waals surface area contributed by atoms with Crippen LogP contribution in [0.4, 0.5) is 0 Å². The molecule has 1 aromatic rings. The minimum Gasteiger partial charge on any atom is -0.489 e. The van der Waals surface area contributed by atoms with Crippen LogP contribution < -0.4 is 15.8 Å². The number of rotatable bonds is 7. The molecule has 1 aromatic carbocycles. The van der Waals surface area contributed by atoms with Crippen molar-refractivity contribution in [2.45, 2.75) is 45.3 Å². The molecule has 0 bridgehead atoms. The SMILES string of the molecule is CCCC(C)(N)C(=O)NCC(C)Oc1cccc(Cl)c1.Cl. The van der Waals surface area contributed by atoms with Gasteiger partial charge in [-0.1, -0.05) is 31.0 Å². The third kappa shape index (κ3) is 7.02. The van der Waals surface area contributed by atoms with E-state index in [2.05, 4.69) is 5.32 Å². The molecule has 0 aliphatic rings. The second-order valence-electron chi connectivity index (χ2n) is 5.26. The summed E-state index contributed by atoms with van der Waals surface area (Å²) in [6, 6.07) is 7.17. The minimum atomic E-state index is -0.829. The van der Waals surface area contributed by atoms with Crippen molar-refractivity contribution >= 4 is 29.9 Å². The van der Waals surface area contributed by atoms with Gasteiger partial charge in [0, 0.05) is 5.02 Å². The fraction of sp³-hybridized carbons (Fsp3) is 0.533. The van der Waals surface area contributed by atoms with Crippen LogP contribution in [-0.4, -0.2) is 24.1 Å². The summed E-state index contributed by atoms with van der Waals surface area (Å²) in [6.45, 7) is 6.04. The zero-order valence-corrected chi connectivity index (χ0v) is 14.3. The van der Waals surface area contributed by atoms with E-state index >= 15 is 0 Å². The van der Waals surface area contributed by atoms with E-state index < -0.39 is 5.54 Å². The number of nitrogens with two attached hydrogens (primary N) is 1. The second kappa shape index (κ2) is 9.13. The lowest BCUT2D eigenvalue weighted by Gasteiger charge is -2.24. The molecule has 2 unspecified atom stereocenters. The van der Waals surface area contributed by atoms with Crippen LogP contribution in [0.2, 0.25) is 5.02 Å². The third-order valence-corrected chi connectivity index (χ3v) is 3.21. The van der Waals surface area contributed by atoms with Crippen LogP contribution in [0.1, 0.15) is 33.6 Å². The molecule has 120 valence electrons. The molecule has 0 spiro atoms. The van der Waals surface area contributed by atoms with E-state index in [1.165, 1.54) is 0 Å². The highest BCUT2D eigenvalue weighted by molar-refractivity contribution is 6.30. The van der Waals surface area contributed by atoms with Gasteiger partial charge in [-0.15, -0.1) is 12.4 Å². The first kappa shape index (κ1) is 20.0. The molecule has 0 fully saturated rings. The molecular formula is C15H24Cl2N2O2. The molecule has 1 rings (SSSR count). The number of hydrogen-bond acceptors (Lipinski definition) is 3. The van der Waals surface area contributed by atoms with Crippen molar-refractivity contribution in [2.24, 2.45) is 5.73 Å². The Hall–Kier alpha value is -0.970. The topological polar surface area (TPSA) is 64.4 Å². The van der Waals surface area contributed by atoms with Crippen molar-refractivity contribution in [1.29, 1.82) is 0 Å². The number of ether oxygens (including phenoxy) is 1. The normalized spacial score (nSPS) is 14.5. The number of halogens is 2. The Balaban J connectivity index is 0.00000400. The molecule has 0 aliphatic heterocycles. The summed E-state index contributed by atoms with van der Waals surface area (Å²) in [5.41, 5.74) is 5.13. The van der Waals surface area contributed by atoms with E-state index in [9.17, 15) is 4.79 Å². The third-order valence-electron chi connectivity index (χ3n) is 2.97. The van der Waals surface area contributed by atoms with E-state index in [4.69, 9.17) is 22.1 Å². The molecule has 0 aliphatic carbocycles. The minimum absolute atomic E-state index is 0. The average Bonchev–Trinajstić information content (AvgIpc) is 2.35. The number of carbonyl (C=O) groups is 1. The highest BCUT2D eigenvalue weighted by atomic mass is 35.5. The van der Waals surface area contributed by atoms with Crippen molar-refractivity contribution in [2.75, 3.05) is 6.54 Å². The Labute approximate surface area is 137 Å². The van der Waals surface area contributed by atoms with Crippen LogP contribution in [-0.2, 0) is 4.79 Å². The van der Waals surface area contributed by atoms with Crippen LogP contribution in [0.15, 0.2) is 24.3 Å². The predicted molar refractivity (Wildman–Crippen MR) is 89.3 cm³/mol. The summed E-state index contributed by atoms with van der Waals surface area (Å²) in [5.74, 6) is 0.532. The predicted octanol–water partition coefficient (Wildman–Crippen LogP) is 3.16. The summed E-state index contributed by atoms with van der Waals surface area (Å²) in [5, 5.41) is 3.44. The van der Waals surface area contributed by atoms with E-state index in [0.717, 1.165) is 6.42 Å². The van der Waals surface area contributed by atoms with Crippen molar-refractivity contribution in [1.82, 2.24) is 5.32 Å². The first-order valence-electron chi connectivity index (χ1n) is 6.84. The van der Waals surface area contributed by atoms with Gasteiger partial charge >= 0.3 is 0 Å². The lowest BCUT2D eigenvalue weighted by atomic mass is 9.96. The second-order valence-corrected chi connectivity index (χ2v) is 5.70. The molecule has 1 amide bonds. The summed E-state index contributed by atoms with van der Waals surface area (Å²) in [7, 11) is 0. The maximum Gasteiger partial charge on any atom is 0.239 e. The molecule has 0 saturated heterocycles. The fourth-order valence-corrected chi connectivity index (χ4v) is 2.07. The van der Waals surface area contributed by atoms with Gasteiger partial charge in [-0.05, 0) is 38.5 Å². The van der Waals surface area contributed by atoms with Gasteiger partial charge in [0.2, 0.25) is 5.91 Å². The van der Waals surface area contributed by atoms with Crippen molar-refractivity contribution in [3.63, 3.8) is 0 Å². The maximum absolute atomic E-state index is 12.0. The molecule has 21 heavy (non-hydrogen) atoms. The molecule has 0 aromatic heterocycles. The maximum atomic E-state index is 12.0. The van der Waals surface area contributed by atoms with Gasteiger partial charge in [0.15, 0.2) is 0 Å². The molecule has 6 heteroatoms. The first-order valence-corrected chi connectivity index (χ1v) is 7.22. The highest BCUT2D eigenvalue weighted by Gasteiger charge is 2.27. The van der Waals surface area contributed by atoms with Gasteiger partial charge < -0.3 is 15.8 Å². The lowest BCUT2D eigenvalue weighted by molar-refractivity contribution is -0.126. The zero-order valence-electron chi connectivity index (χ0n) is 12.7. The average molecular weight is 335 g/mol. The smallest absolute Gasteiger partial charge is 0.239 e.